The van der Waals surface area contributed by atoms with Crippen molar-refractivity contribution in [2.24, 2.45) is 0 Å². The van der Waals surface area contributed by atoms with E-state index in [1.54, 1.807) is 44.6 Å². The topological polar surface area (TPSA) is 144 Å². The fraction of sp³-hybridized carbons (Fsp3) is 0.167. The zero-order chi connectivity index (χ0) is 21.8. The minimum absolute atomic E-state index is 0.0150. The van der Waals surface area contributed by atoms with E-state index >= 15 is 0 Å². The summed E-state index contributed by atoms with van der Waals surface area (Å²) in [4.78, 5) is 10.3. The molecule has 158 valence electrons. The zero-order valence-electron chi connectivity index (χ0n) is 16.3. The van der Waals surface area contributed by atoms with Crippen molar-refractivity contribution in [2.75, 3.05) is 14.2 Å². The van der Waals surface area contributed by atoms with Gasteiger partial charge in [-0.1, -0.05) is 11.8 Å². The first-order valence-corrected chi connectivity index (χ1v) is 9.78. The molecule has 0 N–H and O–H groups in total. The summed E-state index contributed by atoms with van der Waals surface area (Å²) >= 11 is 1.29. The number of thioether (sulfide) groups is 1. The molecule has 0 amide bonds. The lowest BCUT2D eigenvalue weighted by Gasteiger charge is -2.10. The van der Waals surface area contributed by atoms with Crippen LogP contribution >= 0.6 is 11.8 Å². The van der Waals surface area contributed by atoms with E-state index in [0.717, 1.165) is 0 Å². The molecule has 4 aromatic rings. The number of rotatable bonds is 8. The number of hydrogen-bond acceptors (Lipinski definition) is 11. The number of nitro benzene ring substituents is 1. The molecule has 0 saturated heterocycles. The van der Waals surface area contributed by atoms with Gasteiger partial charge in [-0.25, -0.2) is 0 Å². The van der Waals surface area contributed by atoms with Gasteiger partial charge in [-0.15, -0.1) is 15.3 Å². The number of nitrogens with zero attached hydrogens (tertiary/aromatic N) is 7. The lowest BCUT2D eigenvalue weighted by Crippen LogP contribution is -2.02. The van der Waals surface area contributed by atoms with E-state index in [1.807, 2.05) is 0 Å². The molecule has 2 aromatic heterocycles. The molecule has 0 radical (unpaired) electrons. The molecule has 4 rings (SSSR count). The van der Waals surface area contributed by atoms with Crippen molar-refractivity contribution in [2.45, 2.75) is 10.9 Å². The molecule has 0 unspecified atom stereocenters. The highest BCUT2D eigenvalue weighted by molar-refractivity contribution is 7.98. The van der Waals surface area contributed by atoms with Crippen molar-refractivity contribution >= 4 is 17.4 Å². The highest BCUT2D eigenvalue weighted by Crippen LogP contribution is 2.31. The number of methoxy groups -OCH3 is 2. The van der Waals surface area contributed by atoms with Crippen LogP contribution in [0.15, 0.2) is 52.0 Å². The Labute approximate surface area is 179 Å². The summed E-state index contributed by atoms with van der Waals surface area (Å²) in [5.41, 5.74) is 1.19. The number of aromatic nitrogens is 6. The number of tetrazole rings is 1. The summed E-state index contributed by atoms with van der Waals surface area (Å²) in [7, 11) is 3.12. The molecule has 0 atom stereocenters. The Morgan fingerprint density at radius 1 is 1.10 bits per heavy atom. The van der Waals surface area contributed by atoms with Crippen molar-refractivity contribution in [3.05, 3.63) is 58.5 Å². The van der Waals surface area contributed by atoms with Crippen LogP contribution in [0.3, 0.4) is 0 Å². The van der Waals surface area contributed by atoms with Crippen molar-refractivity contribution < 1.29 is 18.8 Å². The smallest absolute Gasteiger partial charge is 0.269 e. The van der Waals surface area contributed by atoms with Gasteiger partial charge in [0.25, 0.3) is 5.69 Å². The van der Waals surface area contributed by atoms with E-state index in [2.05, 4.69) is 25.7 Å². The van der Waals surface area contributed by atoms with Crippen LogP contribution in [-0.4, -0.2) is 49.5 Å². The molecular weight excluding hydrogens is 426 g/mol. The minimum Gasteiger partial charge on any atom is -0.497 e. The van der Waals surface area contributed by atoms with Crippen LogP contribution in [-0.2, 0) is 5.75 Å². The van der Waals surface area contributed by atoms with Crippen LogP contribution in [0.1, 0.15) is 5.89 Å². The lowest BCUT2D eigenvalue weighted by molar-refractivity contribution is -0.384. The van der Waals surface area contributed by atoms with Gasteiger partial charge in [0.2, 0.25) is 16.9 Å². The maximum atomic E-state index is 10.8. The number of benzene rings is 2. The average molecular weight is 441 g/mol. The molecule has 13 heteroatoms. The van der Waals surface area contributed by atoms with Gasteiger partial charge in [0.15, 0.2) is 0 Å². The standard InChI is InChI=1S/C18H15N7O5S/c1-28-13-7-8-15(29-2)14(9-13)24-18(21-22-23-24)31-10-16-19-20-17(30-16)11-3-5-12(6-4-11)25(26)27/h3-9H,10H2,1-2H3. The van der Waals surface area contributed by atoms with E-state index < -0.39 is 4.92 Å². The van der Waals surface area contributed by atoms with Gasteiger partial charge in [-0.05, 0) is 34.7 Å². The molecule has 12 nitrogen and oxygen atoms in total. The number of ether oxygens (including phenoxy) is 2. The summed E-state index contributed by atoms with van der Waals surface area (Å²) in [5.74, 6) is 2.14. The fourth-order valence-corrected chi connectivity index (χ4v) is 3.38. The Morgan fingerprint density at radius 2 is 1.90 bits per heavy atom. The van der Waals surface area contributed by atoms with Gasteiger partial charge in [0, 0.05) is 23.8 Å². The molecule has 0 spiro atoms. The number of nitro groups is 1. The van der Waals surface area contributed by atoms with Crippen LogP contribution in [0.4, 0.5) is 5.69 Å². The minimum atomic E-state index is -0.471. The van der Waals surface area contributed by atoms with Gasteiger partial charge in [0.1, 0.15) is 17.2 Å². The second kappa shape index (κ2) is 8.79. The quantitative estimate of drug-likeness (QED) is 0.226. The second-order valence-electron chi connectivity index (χ2n) is 6.00. The van der Waals surface area contributed by atoms with Gasteiger partial charge < -0.3 is 13.9 Å². The molecule has 0 fully saturated rings. The largest absolute Gasteiger partial charge is 0.497 e. The first-order valence-electron chi connectivity index (χ1n) is 8.80. The van der Waals surface area contributed by atoms with Crippen LogP contribution in [0.25, 0.3) is 17.1 Å². The van der Waals surface area contributed by atoms with E-state index in [-0.39, 0.29) is 11.6 Å². The third kappa shape index (κ3) is 4.30. The van der Waals surface area contributed by atoms with Crippen LogP contribution < -0.4 is 9.47 Å². The monoisotopic (exact) mass is 441 g/mol. The third-order valence-corrected chi connectivity index (χ3v) is 5.08. The molecule has 0 aliphatic rings. The first-order chi connectivity index (χ1) is 15.1. The highest BCUT2D eigenvalue weighted by Gasteiger charge is 2.17. The normalized spacial score (nSPS) is 10.8. The summed E-state index contributed by atoms with van der Waals surface area (Å²) in [5, 5.41) is 31.1. The van der Waals surface area contributed by atoms with Gasteiger partial charge in [-0.3, -0.25) is 10.1 Å². The Morgan fingerprint density at radius 3 is 2.61 bits per heavy atom. The average Bonchev–Trinajstić information content (AvgIpc) is 3.46. The fourth-order valence-electron chi connectivity index (χ4n) is 2.66. The van der Waals surface area contributed by atoms with Crippen LogP contribution in [0.2, 0.25) is 0 Å². The van der Waals surface area contributed by atoms with Crippen LogP contribution in [0, 0.1) is 10.1 Å². The Hall–Kier alpha value is -4.00. The SMILES string of the molecule is COc1ccc(OC)c(-n2nnnc2SCc2nnc(-c3ccc([N+](=O)[O-])cc3)o2)c1. The van der Waals surface area contributed by atoms with Crippen molar-refractivity contribution in [3.8, 4) is 28.6 Å². The second-order valence-corrected chi connectivity index (χ2v) is 6.95. The Bertz CT molecular complexity index is 1210. The van der Waals surface area contributed by atoms with Crippen molar-refractivity contribution in [1.82, 2.24) is 30.4 Å². The molecule has 2 heterocycles. The zero-order valence-corrected chi connectivity index (χ0v) is 17.1. The molecule has 0 aliphatic carbocycles. The summed E-state index contributed by atoms with van der Waals surface area (Å²) in [6, 6.07) is 11.2. The molecule has 31 heavy (non-hydrogen) atoms. The van der Waals surface area contributed by atoms with Crippen molar-refractivity contribution in [1.29, 1.82) is 0 Å². The van der Waals surface area contributed by atoms with Crippen molar-refractivity contribution in [3.63, 3.8) is 0 Å². The summed E-state index contributed by atoms with van der Waals surface area (Å²) in [6.07, 6.45) is 0. The predicted molar refractivity (Wildman–Crippen MR) is 108 cm³/mol. The summed E-state index contributed by atoms with van der Waals surface area (Å²) < 4.78 is 17.9. The van der Waals surface area contributed by atoms with E-state index in [9.17, 15) is 10.1 Å². The lowest BCUT2D eigenvalue weighted by atomic mass is 10.2. The maximum absolute atomic E-state index is 10.8. The molecular formula is C18H15N7O5S. The molecule has 0 saturated carbocycles. The maximum Gasteiger partial charge on any atom is 0.269 e. The Balaban J connectivity index is 1.51. The van der Waals surface area contributed by atoms with E-state index in [0.29, 0.717) is 39.5 Å². The van der Waals surface area contributed by atoms with E-state index in [4.69, 9.17) is 13.9 Å². The van der Waals surface area contributed by atoms with E-state index in [1.165, 1.54) is 28.6 Å². The number of non-ortho nitro benzene ring substituents is 1. The highest BCUT2D eigenvalue weighted by atomic mass is 32.2. The molecule has 0 aliphatic heterocycles. The van der Waals surface area contributed by atoms with Gasteiger partial charge in [-0.2, -0.15) is 4.68 Å². The van der Waals surface area contributed by atoms with Gasteiger partial charge in [0.05, 0.1) is 24.9 Å². The first kappa shape index (κ1) is 20.3. The van der Waals surface area contributed by atoms with Crippen LogP contribution in [0.5, 0.6) is 11.5 Å². The predicted octanol–water partition coefficient (Wildman–Crippen LogP) is 2.93. The molecule has 0 bridgehead atoms. The summed E-state index contributed by atoms with van der Waals surface area (Å²) in [6.45, 7) is 0. The third-order valence-electron chi connectivity index (χ3n) is 4.17. The Kier molecular flexibility index (Phi) is 5.75. The van der Waals surface area contributed by atoms with Gasteiger partial charge >= 0.3 is 0 Å². The number of hydrogen-bond donors (Lipinski definition) is 0. The molecule has 2 aromatic carbocycles.